The molecule has 0 saturated heterocycles. The van der Waals surface area contributed by atoms with E-state index in [9.17, 15) is 9.18 Å². The number of halogens is 1. The molecule has 2 aromatic rings. The van der Waals surface area contributed by atoms with E-state index < -0.39 is 5.95 Å². The lowest BCUT2D eigenvalue weighted by molar-refractivity contribution is 0.0922. The number of aromatic nitrogens is 2. The summed E-state index contributed by atoms with van der Waals surface area (Å²) in [5.74, 6) is 0.286. The van der Waals surface area contributed by atoms with Crippen LogP contribution in [-0.4, -0.2) is 35.5 Å². The second-order valence-electron chi connectivity index (χ2n) is 7.61. The average Bonchev–Trinajstić information content (AvgIpc) is 3.04. The number of hydrogen-bond acceptors (Lipinski definition) is 4. The summed E-state index contributed by atoms with van der Waals surface area (Å²) < 4.78 is 13.5. The van der Waals surface area contributed by atoms with Gasteiger partial charge in [0.1, 0.15) is 11.5 Å². The minimum atomic E-state index is -0.481. The van der Waals surface area contributed by atoms with Gasteiger partial charge in [-0.2, -0.15) is 4.39 Å². The Kier molecular flexibility index (Phi) is 5.05. The molecule has 2 aliphatic rings. The molecule has 4 rings (SSSR count). The van der Waals surface area contributed by atoms with Crippen LogP contribution in [0.2, 0.25) is 0 Å². The maximum Gasteiger partial charge on any atom is 0.270 e. The Morgan fingerprint density at radius 2 is 2.11 bits per heavy atom. The molecule has 27 heavy (non-hydrogen) atoms. The molecule has 5 nitrogen and oxygen atoms in total. The molecule has 0 aromatic carbocycles. The SMILES string of the molecule is CN1CCc2c(Cc3ccnc(F)c3)cc(C(=O)NC3CCCCC3)nc21. The fourth-order valence-electron chi connectivity index (χ4n) is 4.14. The van der Waals surface area contributed by atoms with E-state index in [0.717, 1.165) is 48.3 Å². The minimum Gasteiger partial charge on any atom is -0.359 e. The zero-order valence-corrected chi connectivity index (χ0v) is 15.7. The zero-order chi connectivity index (χ0) is 18.8. The second-order valence-corrected chi connectivity index (χ2v) is 7.61. The van der Waals surface area contributed by atoms with Crippen LogP contribution in [0.25, 0.3) is 0 Å². The first-order valence-electron chi connectivity index (χ1n) is 9.75. The van der Waals surface area contributed by atoms with E-state index in [0.29, 0.717) is 12.1 Å². The molecule has 2 aromatic heterocycles. The lowest BCUT2D eigenvalue weighted by Crippen LogP contribution is -2.36. The maximum absolute atomic E-state index is 13.5. The van der Waals surface area contributed by atoms with E-state index in [-0.39, 0.29) is 11.9 Å². The van der Waals surface area contributed by atoms with Crippen LogP contribution >= 0.6 is 0 Å². The highest BCUT2D eigenvalue weighted by Crippen LogP contribution is 2.30. The molecule has 1 saturated carbocycles. The van der Waals surface area contributed by atoms with E-state index in [1.54, 1.807) is 0 Å². The van der Waals surface area contributed by atoms with Crippen LogP contribution in [0, 0.1) is 5.95 Å². The van der Waals surface area contributed by atoms with Gasteiger partial charge in [-0.15, -0.1) is 0 Å². The Bertz CT molecular complexity index is 848. The maximum atomic E-state index is 13.5. The number of anilines is 1. The van der Waals surface area contributed by atoms with E-state index in [1.165, 1.54) is 31.5 Å². The first-order chi connectivity index (χ1) is 13.1. The first-order valence-corrected chi connectivity index (χ1v) is 9.75. The Labute approximate surface area is 159 Å². The number of nitrogens with zero attached hydrogens (tertiary/aromatic N) is 3. The van der Waals surface area contributed by atoms with Gasteiger partial charge in [0.25, 0.3) is 5.91 Å². The molecule has 0 bridgehead atoms. The Balaban J connectivity index is 1.62. The van der Waals surface area contributed by atoms with E-state index in [1.807, 2.05) is 19.2 Å². The van der Waals surface area contributed by atoms with Crippen molar-refractivity contribution in [2.75, 3.05) is 18.5 Å². The molecule has 0 radical (unpaired) electrons. The smallest absolute Gasteiger partial charge is 0.270 e. The highest BCUT2D eigenvalue weighted by atomic mass is 19.1. The molecule has 3 heterocycles. The van der Waals surface area contributed by atoms with Gasteiger partial charge in [0.2, 0.25) is 5.95 Å². The normalized spacial score (nSPS) is 17.0. The molecular weight excluding hydrogens is 343 g/mol. The van der Waals surface area contributed by atoms with Crippen LogP contribution in [0.1, 0.15) is 59.3 Å². The molecule has 0 unspecified atom stereocenters. The van der Waals surface area contributed by atoms with Crippen molar-refractivity contribution < 1.29 is 9.18 Å². The van der Waals surface area contributed by atoms with Crippen molar-refractivity contribution in [3.63, 3.8) is 0 Å². The van der Waals surface area contributed by atoms with Gasteiger partial charge in [0, 0.05) is 31.4 Å². The molecule has 1 amide bonds. The molecular formula is C21H25FN4O. The fourth-order valence-corrected chi connectivity index (χ4v) is 4.14. The number of likely N-dealkylation sites (N-methyl/N-ethyl adjacent to an activating group) is 1. The van der Waals surface area contributed by atoms with Gasteiger partial charge in [-0.05, 0) is 55.0 Å². The van der Waals surface area contributed by atoms with Crippen LogP contribution < -0.4 is 10.2 Å². The summed E-state index contributed by atoms with van der Waals surface area (Å²) in [7, 11) is 2.00. The second kappa shape index (κ2) is 7.62. The third kappa shape index (κ3) is 3.94. The van der Waals surface area contributed by atoms with Crippen LogP contribution in [0.15, 0.2) is 24.4 Å². The van der Waals surface area contributed by atoms with Crippen molar-refractivity contribution in [1.29, 1.82) is 0 Å². The number of fused-ring (bicyclic) bond motifs is 1. The molecule has 1 aliphatic carbocycles. The van der Waals surface area contributed by atoms with Gasteiger partial charge in [0.15, 0.2) is 0 Å². The van der Waals surface area contributed by atoms with Gasteiger partial charge >= 0.3 is 0 Å². The molecule has 1 fully saturated rings. The minimum absolute atomic E-state index is 0.104. The van der Waals surface area contributed by atoms with Gasteiger partial charge in [0.05, 0.1) is 0 Å². The van der Waals surface area contributed by atoms with Crippen LogP contribution in [0.5, 0.6) is 0 Å². The molecule has 0 atom stereocenters. The highest BCUT2D eigenvalue weighted by Gasteiger charge is 2.25. The largest absolute Gasteiger partial charge is 0.359 e. The highest BCUT2D eigenvalue weighted by molar-refractivity contribution is 5.93. The van der Waals surface area contributed by atoms with E-state index in [2.05, 4.69) is 20.2 Å². The summed E-state index contributed by atoms with van der Waals surface area (Å²) in [5, 5.41) is 3.15. The Hall–Kier alpha value is -2.50. The Morgan fingerprint density at radius 1 is 1.30 bits per heavy atom. The summed E-state index contributed by atoms with van der Waals surface area (Å²) in [6.07, 6.45) is 8.62. The summed E-state index contributed by atoms with van der Waals surface area (Å²) in [4.78, 5) is 23.2. The van der Waals surface area contributed by atoms with Crippen LogP contribution in [0.4, 0.5) is 10.2 Å². The zero-order valence-electron chi connectivity index (χ0n) is 15.7. The number of hydrogen-bond donors (Lipinski definition) is 1. The summed E-state index contributed by atoms with van der Waals surface area (Å²) in [6, 6.07) is 5.40. The van der Waals surface area contributed by atoms with Crippen molar-refractivity contribution in [1.82, 2.24) is 15.3 Å². The topological polar surface area (TPSA) is 58.1 Å². The van der Waals surface area contributed by atoms with Crippen molar-refractivity contribution in [3.8, 4) is 0 Å². The number of nitrogens with one attached hydrogen (secondary N) is 1. The number of rotatable bonds is 4. The number of amides is 1. The van der Waals surface area contributed by atoms with Crippen LogP contribution in [0.3, 0.4) is 0 Å². The van der Waals surface area contributed by atoms with Gasteiger partial charge in [-0.1, -0.05) is 19.3 Å². The van der Waals surface area contributed by atoms with Crippen LogP contribution in [-0.2, 0) is 12.8 Å². The quantitative estimate of drug-likeness (QED) is 0.842. The molecule has 1 aliphatic heterocycles. The number of carbonyl (C=O) groups excluding carboxylic acids is 1. The number of carbonyl (C=O) groups is 1. The lowest BCUT2D eigenvalue weighted by atomic mass is 9.95. The van der Waals surface area contributed by atoms with E-state index in [4.69, 9.17) is 0 Å². The average molecular weight is 368 g/mol. The molecule has 142 valence electrons. The van der Waals surface area contributed by atoms with Crippen molar-refractivity contribution in [3.05, 3.63) is 52.7 Å². The van der Waals surface area contributed by atoms with Crippen molar-refractivity contribution in [2.24, 2.45) is 0 Å². The molecule has 1 N–H and O–H groups in total. The molecule has 6 heteroatoms. The third-order valence-corrected chi connectivity index (χ3v) is 5.61. The van der Waals surface area contributed by atoms with E-state index >= 15 is 0 Å². The Morgan fingerprint density at radius 3 is 2.89 bits per heavy atom. The third-order valence-electron chi connectivity index (χ3n) is 5.61. The van der Waals surface area contributed by atoms with Gasteiger partial charge in [-0.3, -0.25) is 4.79 Å². The summed E-state index contributed by atoms with van der Waals surface area (Å²) >= 11 is 0. The fraction of sp³-hybridized carbons (Fsp3) is 0.476. The monoisotopic (exact) mass is 368 g/mol. The van der Waals surface area contributed by atoms with Gasteiger partial charge < -0.3 is 10.2 Å². The van der Waals surface area contributed by atoms with Crippen molar-refractivity contribution >= 4 is 11.7 Å². The predicted molar refractivity (Wildman–Crippen MR) is 103 cm³/mol. The number of pyridine rings is 2. The summed E-state index contributed by atoms with van der Waals surface area (Å²) in [5.41, 5.74) is 3.51. The predicted octanol–water partition coefficient (Wildman–Crippen LogP) is 3.26. The van der Waals surface area contributed by atoms with Crippen molar-refractivity contribution in [2.45, 2.75) is 51.0 Å². The van der Waals surface area contributed by atoms with Gasteiger partial charge in [-0.25, -0.2) is 9.97 Å². The molecule has 0 spiro atoms. The lowest BCUT2D eigenvalue weighted by Gasteiger charge is -2.23. The standard InChI is InChI=1S/C21H25FN4O/c1-26-10-8-17-15(11-14-7-9-23-19(22)12-14)13-18(25-20(17)26)21(27)24-16-5-3-2-4-6-16/h7,9,12-13,16H,2-6,8,10-11H2,1H3,(H,24,27). The first kappa shape index (κ1) is 17.9. The summed E-state index contributed by atoms with van der Waals surface area (Å²) in [6.45, 7) is 0.883.